The second-order valence-electron chi connectivity index (χ2n) is 4.09. The molecule has 1 heteroatoms. The zero-order chi connectivity index (χ0) is 9.07. The van der Waals surface area contributed by atoms with Crippen molar-refractivity contribution in [1.29, 1.82) is 0 Å². The number of hydrogen-bond donors (Lipinski definition) is 1. The van der Waals surface area contributed by atoms with Crippen LogP contribution in [0, 0.1) is 23.7 Å². The third-order valence-electron chi connectivity index (χ3n) is 2.36. The maximum absolute atomic E-state index is 5.37. The summed E-state index contributed by atoms with van der Waals surface area (Å²) in [5.41, 5.74) is 0.278. The molecule has 2 atom stereocenters. The molecule has 0 aliphatic rings. The maximum Gasteiger partial charge on any atom is 0.0715 e. The van der Waals surface area contributed by atoms with Gasteiger partial charge in [-0.1, -0.05) is 33.6 Å². The van der Waals surface area contributed by atoms with E-state index < -0.39 is 0 Å². The molecule has 0 aliphatic heterocycles. The normalized spacial score (nSPS) is 17.1. The molecule has 0 spiro atoms. The molecule has 0 fully saturated rings. The Bertz CT molecular complexity index is 147. The molecule has 0 radical (unpaired) electrons. The van der Waals surface area contributed by atoms with Gasteiger partial charge in [0.15, 0.2) is 0 Å². The Morgan fingerprint density at radius 2 is 1.82 bits per heavy atom. The summed E-state index contributed by atoms with van der Waals surface area (Å²) in [7, 11) is 1.91. The van der Waals surface area contributed by atoms with Crippen LogP contribution >= 0.6 is 0 Å². The molecule has 0 bridgehead atoms. The van der Waals surface area contributed by atoms with Crippen LogP contribution in [0.1, 0.15) is 27.7 Å². The van der Waals surface area contributed by atoms with Gasteiger partial charge in [-0.25, -0.2) is 0 Å². The first-order valence-electron chi connectivity index (χ1n) is 4.07. The number of rotatable bonds is 2. The second-order valence-corrected chi connectivity index (χ2v) is 4.09. The Morgan fingerprint density at radius 1 is 1.36 bits per heavy atom. The Balaban J connectivity index is 4.24. The minimum absolute atomic E-state index is 0.190. The zero-order valence-corrected chi connectivity index (χ0v) is 8.23. The first kappa shape index (κ1) is 10.5. The fourth-order valence-corrected chi connectivity index (χ4v) is 0.978. The van der Waals surface area contributed by atoms with Crippen molar-refractivity contribution in [3.63, 3.8) is 0 Å². The van der Waals surface area contributed by atoms with Gasteiger partial charge in [-0.3, -0.25) is 0 Å². The molecule has 0 aliphatic carbocycles. The Hall–Kier alpha value is -0.480. The van der Waals surface area contributed by atoms with Crippen molar-refractivity contribution in [1.82, 2.24) is 5.32 Å². The van der Waals surface area contributed by atoms with E-state index in [0.29, 0.717) is 5.92 Å². The van der Waals surface area contributed by atoms with E-state index in [9.17, 15) is 0 Å². The molecule has 1 nitrogen and oxygen atoms in total. The summed E-state index contributed by atoms with van der Waals surface area (Å²) >= 11 is 0. The van der Waals surface area contributed by atoms with Gasteiger partial charge in [-0.15, -0.1) is 6.42 Å². The number of hydrogen-bond acceptors (Lipinski definition) is 1. The van der Waals surface area contributed by atoms with E-state index in [2.05, 4.69) is 38.9 Å². The van der Waals surface area contributed by atoms with Gasteiger partial charge < -0.3 is 5.32 Å². The highest BCUT2D eigenvalue weighted by molar-refractivity contribution is 5.02. The summed E-state index contributed by atoms with van der Waals surface area (Å²) in [6.45, 7) is 8.80. The second kappa shape index (κ2) is 3.78. The molecule has 2 unspecified atom stereocenters. The van der Waals surface area contributed by atoms with Gasteiger partial charge in [0.25, 0.3) is 0 Å². The lowest BCUT2D eigenvalue weighted by atomic mass is 9.78. The fraction of sp³-hybridized carbons (Fsp3) is 0.800. The van der Waals surface area contributed by atoms with Gasteiger partial charge in [-0.05, 0) is 18.4 Å². The smallest absolute Gasteiger partial charge is 0.0715 e. The summed E-state index contributed by atoms with van der Waals surface area (Å²) in [5.74, 6) is 3.24. The summed E-state index contributed by atoms with van der Waals surface area (Å²) in [4.78, 5) is 0. The molecule has 0 saturated heterocycles. The summed E-state index contributed by atoms with van der Waals surface area (Å²) in [5, 5.41) is 3.12. The molecule has 0 aromatic heterocycles. The topological polar surface area (TPSA) is 12.0 Å². The monoisotopic (exact) mass is 153 g/mol. The molecule has 0 saturated carbocycles. The lowest BCUT2D eigenvalue weighted by Gasteiger charge is -2.31. The van der Waals surface area contributed by atoms with Crippen molar-refractivity contribution >= 4 is 0 Å². The first-order chi connectivity index (χ1) is 4.93. The van der Waals surface area contributed by atoms with Crippen molar-refractivity contribution < 1.29 is 0 Å². The van der Waals surface area contributed by atoms with E-state index in [4.69, 9.17) is 6.42 Å². The third-order valence-corrected chi connectivity index (χ3v) is 2.36. The van der Waals surface area contributed by atoms with Crippen LogP contribution in [0.5, 0.6) is 0 Å². The van der Waals surface area contributed by atoms with Crippen LogP contribution in [-0.2, 0) is 0 Å². The molecule has 0 aromatic carbocycles. The predicted octanol–water partition coefficient (Wildman–Crippen LogP) is 1.89. The van der Waals surface area contributed by atoms with Crippen LogP contribution in [-0.4, -0.2) is 13.1 Å². The highest BCUT2D eigenvalue weighted by Gasteiger charge is 2.25. The quantitative estimate of drug-likeness (QED) is 0.597. The lowest BCUT2D eigenvalue weighted by molar-refractivity contribution is 0.230. The largest absolute Gasteiger partial charge is 0.307 e. The average molecular weight is 153 g/mol. The molecule has 0 amide bonds. The van der Waals surface area contributed by atoms with Crippen molar-refractivity contribution in [2.45, 2.75) is 33.7 Å². The predicted molar refractivity (Wildman–Crippen MR) is 50.3 cm³/mol. The van der Waals surface area contributed by atoms with Gasteiger partial charge in [0, 0.05) is 0 Å². The van der Waals surface area contributed by atoms with Gasteiger partial charge in [-0.2, -0.15) is 0 Å². The molecule has 64 valence electrons. The maximum atomic E-state index is 5.37. The molecule has 0 aromatic rings. The summed E-state index contributed by atoms with van der Waals surface area (Å²) in [6.07, 6.45) is 5.37. The van der Waals surface area contributed by atoms with E-state index in [0.717, 1.165) is 0 Å². The van der Waals surface area contributed by atoms with Gasteiger partial charge in [0.05, 0.1) is 6.04 Å². The van der Waals surface area contributed by atoms with Crippen LogP contribution in [0.15, 0.2) is 0 Å². The van der Waals surface area contributed by atoms with E-state index in [1.807, 2.05) is 7.05 Å². The third kappa shape index (κ3) is 2.95. The van der Waals surface area contributed by atoms with Crippen molar-refractivity contribution in [3.8, 4) is 12.3 Å². The Morgan fingerprint density at radius 3 is 1.91 bits per heavy atom. The van der Waals surface area contributed by atoms with E-state index in [-0.39, 0.29) is 11.5 Å². The van der Waals surface area contributed by atoms with E-state index >= 15 is 0 Å². The van der Waals surface area contributed by atoms with Crippen LogP contribution in [0.25, 0.3) is 0 Å². The van der Waals surface area contributed by atoms with Gasteiger partial charge >= 0.3 is 0 Å². The zero-order valence-electron chi connectivity index (χ0n) is 8.23. The SMILES string of the molecule is C#CC(NC)C(C)C(C)(C)C. The molecule has 11 heavy (non-hydrogen) atoms. The first-order valence-corrected chi connectivity index (χ1v) is 4.07. The Kier molecular flexibility index (Phi) is 3.62. The van der Waals surface area contributed by atoms with Crippen LogP contribution in [0.4, 0.5) is 0 Å². The highest BCUT2D eigenvalue weighted by atomic mass is 14.9. The number of nitrogens with one attached hydrogen (secondary N) is 1. The molecular formula is C10H19N. The average Bonchev–Trinajstić information content (AvgIpc) is 1.88. The standard InChI is InChI=1S/C10H19N/c1-7-9(11-6)8(2)10(3,4)5/h1,8-9,11H,2-6H3. The van der Waals surface area contributed by atoms with Crippen LogP contribution in [0.3, 0.4) is 0 Å². The van der Waals surface area contributed by atoms with E-state index in [1.165, 1.54) is 0 Å². The van der Waals surface area contributed by atoms with Crippen molar-refractivity contribution in [3.05, 3.63) is 0 Å². The summed E-state index contributed by atoms with van der Waals surface area (Å²) in [6, 6.07) is 0.190. The molecule has 1 N–H and O–H groups in total. The van der Waals surface area contributed by atoms with Gasteiger partial charge in [0.1, 0.15) is 0 Å². The van der Waals surface area contributed by atoms with E-state index in [1.54, 1.807) is 0 Å². The van der Waals surface area contributed by atoms with Crippen molar-refractivity contribution in [2.75, 3.05) is 7.05 Å². The summed E-state index contributed by atoms with van der Waals surface area (Å²) < 4.78 is 0. The molecule has 0 rings (SSSR count). The number of terminal acetylenes is 1. The Labute approximate surface area is 70.6 Å². The van der Waals surface area contributed by atoms with Crippen molar-refractivity contribution in [2.24, 2.45) is 11.3 Å². The van der Waals surface area contributed by atoms with Gasteiger partial charge in [0.2, 0.25) is 0 Å². The fourth-order valence-electron chi connectivity index (χ4n) is 0.978. The van der Waals surface area contributed by atoms with Crippen LogP contribution in [0.2, 0.25) is 0 Å². The minimum atomic E-state index is 0.190. The lowest BCUT2D eigenvalue weighted by Crippen LogP contribution is -2.37. The highest BCUT2D eigenvalue weighted by Crippen LogP contribution is 2.27. The molecule has 0 heterocycles. The molecular weight excluding hydrogens is 134 g/mol. The minimum Gasteiger partial charge on any atom is -0.307 e. The van der Waals surface area contributed by atoms with Crippen LogP contribution < -0.4 is 5.32 Å².